The van der Waals surface area contributed by atoms with Gasteiger partial charge in [-0.3, -0.25) is 4.98 Å². The van der Waals surface area contributed by atoms with E-state index in [0.29, 0.717) is 35.8 Å². The summed E-state index contributed by atoms with van der Waals surface area (Å²) in [5.74, 6) is 1.87. The minimum Gasteiger partial charge on any atom is -0.476 e. The average molecular weight is 310 g/mol. The van der Waals surface area contributed by atoms with Crippen LogP contribution in [0.3, 0.4) is 0 Å². The van der Waals surface area contributed by atoms with Crippen LogP contribution in [0.4, 0.5) is 4.39 Å². The van der Waals surface area contributed by atoms with Crippen molar-refractivity contribution in [3.05, 3.63) is 47.4 Å². The van der Waals surface area contributed by atoms with Crippen LogP contribution in [0.25, 0.3) is 0 Å². The molecule has 2 heterocycles. The molecule has 0 aromatic carbocycles. The number of halogens is 1. The summed E-state index contributed by atoms with van der Waals surface area (Å²) >= 11 is 0. The Labute approximate surface area is 133 Å². The van der Waals surface area contributed by atoms with E-state index in [1.54, 1.807) is 12.3 Å². The van der Waals surface area contributed by atoms with Gasteiger partial charge < -0.3 is 4.74 Å². The van der Waals surface area contributed by atoms with Crippen molar-refractivity contribution < 1.29 is 9.13 Å². The van der Waals surface area contributed by atoms with Gasteiger partial charge >= 0.3 is 0 Å². The molecule has 2 fully saturated rings. The summed E-state index contributed by atoms with van der Waals surface area (Å²) in [6.07, 6.45) is 5.95. The molecule has 0 amide bonds. The Hall–Kier alpha value is -2.55. The molecule has 2 aliphatic carbocycles. The molecule has 2 saturated carbocycles. The maximum atomic E-state index is 12.9. The highest BCUT2D eigenvalue weighted by molar-refractivity contribution is 5.36. The van der Waals surface area contributed by atoms with Crippen molar-refractivity contribution in [1.82, 2.24) is 15.0 Å². The smallest absolute Gasteiger partial charge is 0.235 e. The largest absolute Gasteiger partial charge is 0.476 e. The third-order valence-electron chi connectivity index (χ3n) is 4.32. The van der Waals surface area contributed by atoms with Gasteiger partial charge in [0.05, 0.1) is 19.0 Å². The maximum Gasteiger partial charge on any atom is 0.235 e. The Morgan fingerprint density at radius 3 is 2.83 bits per heavy atom. The van der Waals surface area contributed by atoms with E-state index in [-0.39, 0.29) is 5.82 Å². The monoisotopic (exact) mass is 310 g/mol. The van der Waals surface area contributed by atoms with Crippen LogP contribution in [0.5, 0.6) is 5.88 Å². The molecule has 0 unspecified atom stereocenters. The second-order valence-corrected chi connectivity index (χ2v) is 6.15. The Kier molecular flexibility index (Phi) is 3.41. The maximum absolute atomic E-state index is 12.9. The molecule has 0 saturated heterocycles. The van der Waals surface area contributed by atoms with E-state index in [9.17, 15) is 4.39 Å². The molecule has 4 rings (SSSR count). The first-order valence-electron chi connectivity index (χ1n) is 7.76. The molecule has 0 radical (unpaired) electrons. The van der Waals surface area contributed by atoms with Crippen LogP contribution < -0.4 is 4.74 Å². The van der Waals surface area contributed by atoms with E-state index in [0.717, 1.165) is 30.8 Å². The van der Waals surface area contributed by atoms with Gasteiger partial charge in [0.2, 0.25) is 5.88 Å². The molecule has 2 aromatic heterocycles. The summed E-state index contributed by atoms with van der Waals surface area (Å²) in [6.45, 7) is 0.486. The predicted molar refractivity (Wildman–Crippen MR) is 79.3 cm³/mol. The summed E-state index contributed by atoms with van der Waals surface area (Å²) < 4.78 is 18.7. The van der Waals surface area contributed by atoms with Gasteiger partial charge in [-0.15, -0.1) is 0 Å². The number of nitrogens with zero attached hydrogens (tertiary/aromatic N) is 4. The number of nitriles is 1. The molecule has 23 heavy (non-hydrogen) atoms. The van der Waals surface area contributed by atoms with Crippen LogP contribution in [0.1, 0.15) is 48.2 Å². The molecule has 0 aliphatic heterocycles. The Balaban J connectivity index is 1.41. The van der Waals surface area contributed by atoms with E-state index in [2.05, 4.69) is 21.0 Å². The highest BCUT2D eigenvalue weighted by atomic mass is 19.1. The van der Waals surface area contributed by atoms with Crippen LogP contribution >= 0.6 is 0 Å². The Bertz CT molecular complexity index is 767. The van der Waals surface area contributed by atoms with Gasteiger partial charge in [0.25, 0.3) is 0 Å². The SMILES string of the molecule is N#Cc1cnc(C2CC2)nc1OC[C@H]1C[C@@H]1c1ccc(F)cn1. The standard InChI is InChI=1S/C17H15FN4O/c18-13-3-4-15(20-8-13)14-5-11(14)9-23-17-12(6-19)7-21-16(22-17)10-1-2-10/h3-4,7-8,10-11,14H,1-2,5,9H2/t11-,14+/m1/s1. The third-order valence-corrected chi connectivity index (χ3v) is 4.32. The summed E-state index contributed by atoms with van der Waals surface area (Å²) in [4.78, 5) is 12.7. The van der Waals surface area contributed by atoms with E-state index in [1.165, 1.54) is 12.3 Å². The van der Waals surface area contributed by atoms with Crippen molar-refractivity contribution >= 4 is 0 Å². The molecule has 6 heteroatoms. The topological polar surface area (TPSA) is 71.7 Å². The average Bonchev–Trinajstić information content (AvgIpc) is 3.47. The molecule has 0 spiro atoms. The van der Waals surface area contributed by atoms with Gasteiger partial charge in [-0.25, -0.2) is 9.37 Å². The van der Waals surface area contributed by atoms with Crippen LogP contribution in [0.15, 0.2) is 24.5 Å². The molecule has 116 valence electrons. The molecule has 2 atom stereocenters. The zero-order chi connectivity index (χ0) is 15.8. The van der Waals surface area contributed by atoms with Crippen LogP contribution in [0.2, 0.25) is 0 Å². The van der Waals surface area contributed by atoms with Crippen molar-refractivity contribution in [1.29, 1.82) is 5.26 Å². The van der Waals surface area contributed by atoms with Crippen molar-refractivity contribution in [2.24, 2.45) is 5.92 Å². The van der Waals surface area contributed by atoms with Gasteiger partial charge in [0.15, 0.2) is 0 Å². The van der Waals surface area contributed by atoms with E-state index in [4.69, 9.17) is 10.00 Å². The first-order chi connectivity index (χ1) is 11.2. The highest BCUT2D eigenvalue weighted by Crippen LogP contribution is 2.46. The van der Waals surface area contributed by atoms with Crippen LogP contribution in [0, 0.1) is 23.1 Å². The number of pyridine rings is 1. The lowest BCUT2D eigenvalue weighted by atomic mass is 10.2. The van der Waals surface area contributed by atoms with Crippen LogP contribution in [-0.2, 0) is 0 Å². The lowest BCUT2D eigenvalue weighted by Crippen LogP contribution is -2.06. The first kappa shape index (κ1) is 14.1. The Morgan fingerprint density at radius 1 is 1.26 bits per heavy atom. The van der Waals surface area contributed by atoms with Gasteiger partial charge in [-0.2, -0.15) is 10.2 Å². The predicted octanol–water partition coefficient (Wildman–Crippen LogP) is 2.94. The van der Waals surface area contributed by atoms with E-state index >= 15 is 0 Å². The van der Waals surface area contributed by atoms with Crippen molar-refractivity contribution in [3.8, 4) is 11.9 Å². The fraction of sp³-hybridized carbons (Fsp3) is 0.412. The molecular formula is C17H15FN4O. The normalized spacial score (nSPS) is 22.4. The number of rotatable bonds is 5. The van der Waals surface area contributed by atoms with Gasteiger partial charge in [-0.1, -0.05) is 0 Å². The lowest BCUT2D eigenvalue weighted by Gasteiger charge is -2.07. The van der Waals surface area contributed by atoms with Crippen LogP contribution in [-0.4, -0.2) is 21.6 Å². The second-order valence-electron chi connectivity index (χ2n) is 6.15. The van der Waals surface area contributed by atoms with E-state index < -0.39 is 0 Å². The molecule has 2 aliphatic rings. The van der Waals surface area contributed by atoms with Gasteiger partial charge in [0.1, 0.15) is 23.3 Å². The van der Waals surface area contributed by atoms with Gasteiger partial charge in [-0.05, 0) is 31.4 Å². The van der Waals surface area contributed by atoms with E-state index in [1.807, 2.05) is 0 Å². The van der Waals surface area contributed by atoms with Crippen molar-refractivity contribution in [2.75, 3.05) is 6.61 Å². The molecule has 5 nitrogen and oxygen atoms in total. The minimum atomic E-state index is -0.325. The second kappa shape index (κ2) is 5.58. The summed E-state index contributed by atoms with van der Waals surface area (Å²) in [6, 6.07) is 5.22. The molecule has 0 bridgehead atoms. The third kappa shape index (κ3) is 3.00. The summed E-state index contributed by atoms with van der Waals surface area (Å²) in [7, 11) is 0. The molecular weight excluding hydrogens is 295 g/mol. The van der Waals surface area contributed by atoms with Crippen molar-refractivity contribution in [2.45, 2.75) is 31.1 Å². The lowest BCUT2D eigenvalue weighted by molar-refractivity contribution is 0.283. The number of ether oxygens (including phenoxy) is 1. The number of hydrogen-bond acceptors (Lipinski definition) is 5. The summed E-state index contributed by atoms with van der Waals surface area (Å²) in [5.41, 5.74) is 1.26. The fourth-order valence-electron chi connectivity index (χ4n) is 2.69. The Morgan fingerprint density at radius 2 is 2.13 bits per heavy atom. The fourth-order valence-corrected chi connectivity index (χ4v) is 2.69. The number of aromatic nitrogens is 3. The first-order valence-corrected chi connectivity index (χ1v) is 7.76. The molecule has 0 N–H and O–H groups in total. The molecule has 2 aromatic rings. The minimum absolute atomic E-state index is 0.297. The number of hydrogen-bond donors (Lipinski definition) is 0. The quantitative estimate of drug-likeness (QED) is 0.849. The zero-order valence-electron chi connectivity index (χ0n) is 12.4. The van der Waals surface area contributed by atoms with Crippen molar-refractivity contribution in [3.63, 3.8) is 0 Å². The van der Waals surface area contributed by atoms with Gasteiger partial charge in [0, 0.05) is 23.4 Å². The summed E-state index contributed by atoms with van der Waals surface area (Å²) in [5, 5.41) is 9.14. The highest BCUT2D eigenvalue weighted by Gasteiger charge is 2.40. The zero-order valence-corrected chi connectivity index (χ0v) is 12.4.